The van der Waals surface area contributed by atoms with Gasteiger partial charge >= 0.3 is 0 Å². The number of benzene rings is 2. The highest BCUT2D eigenvalue weighted by atomic mass is 79.9. The molecule has 2 aromatic rings. The highest BCUT2D eigenvalue weighted by molar-refractivity contribution is 9.10. The Morgan fingerprint density at radius 3 is 2.65 bits per heavy atom. The van der Waals surface area contributed by atoms with Gasteiger partial charge in [-0.3, -0.25) is 4.79 Å². The number of nitrogens with one attached hydrogen (secondary N) is 1. The van der Waals surface area contributed by atoms with Crippen molar-refractivity contribution in [1.29, 1.82) is 0 Å². The van der Waals surface area contributed by atoms with Crippen LogP contribution in [0.25, 0.3) is 0 Å². The van der Waals surface area contributed by atoms with E-state index in [1.54, 1.807) is 12.1 Å². The maximum absolute atomic E-state index is 13.4. The average Bonchev–Trinajstić information content (AvgIpc) is 2.40. The van der Waals surface area contributed by atoms with E-state index in [4.69, 9.17) is 5.73 Å². The molecule has 0 saturated heterocycles. The van der Waals surface area contributed by atoms with Crippen LogP contribution in [0.1, 0.15) is 15.9 Å². The highest BCUT2D eigenvalue weighted by Crippen LogP contribution is 2.19. The SMILES string of the molecule is Nc1ccc(Br)c(C(=O)NCc2ccc(F)cc2F)c1. The van der Waals surface area contributed by atoms with Gasteiger partial charge in [0.25, 0.3) is 5.91 Å². The average molecular weight is 341 g/mol. The van der Waals surface area contributed by atoms with E-state index in [-0.39, 0.29) is 12.1 Å². The minimum absolute atomic E-state index is 0.0355. The molecule has 0 spiro atoms. The summed E-state index contributed by atoms with van der Waals surface area (Å²) in [5.41, 5.74) is 6.62. The van der Waals surface area contributed by atoms with Crippen LogP contribution < -0.4 is 11.1 Å². The van der Waals surface area contributed by atoms with Gasteiger partial charge in [-0.15, -0.1) is 0 Å². The Hall–Kier alpha value is -1.95. The second-order valence-electron chi connectivity index (χ2n) is 4.16. The molecule has 0 fully saturated rings. The number of carbonyl (C=O) groups excluding carboxylic acids is 1. The summed E-state index contributed by atoms with van der Waals surface area (Å²) in [7, 11) is 0. The number of hydrogen-bond acceptors (Lipinski definition) is 2. The van der Waals surface area contributed by atoms with E-state index in [1.165, 1.54) is 12.1 Å². The molecule has 3 nitrogen and oxygen atoms in total. The number of hydrogen-bond donors (Lipinski definition) is 2. The largest absolute Gasteiger partial charge is 0.399 e. The molecule has 2 rings (SSSR count). The van der Waals surface area contributed by atoms with Crippen LogP contribution in [0.15, 0.2) is 40.9 Å². The van der Waals surface area contributed by atoms with Crippen molar-refractivity contribution in [2.24, 2.45) is 0 Å². The fourth-order valence-corrected chi connectivity index (χ4v) is 2.08. The van der Waals surface area contributed by atoms with Crippen LogP contribution in [0, 0.1) is 11.6 Å². The summed E-state index contributed by atoms with van der Waals surface area (Å²) in [4.78, 5) is 12.0. The molecular formula is C14H11BrF2N2O. The Labute approximate surface area is 122 Å². The van der Waals surface area contributed by atoms with E-state index in [1.807, 2.05) is 0 Å². The van der Waals surface area contributed by atoms with Crippen molar-refractivity contribution in [3.8, 4) is 0 Å². The van der Waals surface area contributed by atoms with Gasteiger partial charge in [0.2, 0.25) is 0 Å². The monoisotopic (exact) mass is 340 g/mol. The van der Waals surface area contributed by atoms with Crippen LogP contribution in [0.2, 0.25) is 0 Å². The van der Waals surface area contributed by atoms with E-state index in [9.17, 15) is 13.6 Å². The van der Waals surface area contributed by atoms with Crippen molar-refractivity contribution in [2.75, 3.05) is 5.73 Å². The quantitative estimate of drug-likeness (QED) is 0.842. The van der Waals surface area contributed by atoms with Crippen LogP contribution >= 0.6 is 15.9 Å². The lowest BCUT2D eigenvalue weighted by Gasteiger charge is -2.08. The van der Waals surface area contributed by atoms with E-state index >= 15 is 0 Å². The number of nitrogens with two attached hydrogens (primary N) is 1. The predicted molar refractivity (Wildman–Crippen MR) is 76.1 cm³/mol. The van der Waals surface area contributed by atoms with Crippen LogP contribution in [-0.2, 0) is 6.54 Å². The first kappa shape index (κ1) is 14.5. The molecule has 0 aliphatic heterocycles. The summed E-state index contributed by atoms with van der Waals surface area (Å²) in [6, 6.07) is 8.03. The van der Waals surface area contributed by atoms with Gasteiger partial charge in [0, 0.05) is 28.3 Å². The molecule has 0 bridgehead atoms. The van der Waals surface area contributed by atoms with E-state index in [2.05, 4.69) is 21.2 Å². The molecule has 104 valence electrons. The topological polar surface area (TPSA) is 55.1 Å². The van der Waals surface area contributed by atoms with Crippen LogP contribution in [0.4, 0.5) is 14.5 Å². The van der Waals surface area contributed by atoms with Crippen molar-refractivity contribution in [2.45, 2.75) is 6.54 Å². The molecule has 0 heterocycles. The number of rotatable bonds is 3. The lowest BCUT2D eigenvalue weighted by Crippen LogP contribution is -2.23. The number of amides is 1. The van der Waals surface area contributed by atoms with Gasteiger partial charge in [0.05, 0.1) is 5.56 Å². The third-order valence-electron chi connectivity index (χ3n) is 2.69. The molecule has 3 N–H and O–H groups in total. The summed E-state index contributed by atoms with van der Waals surface area (Å²) >= 11 is 3.24. The van der Waals surface area contributed by atoms with Gasteiger partial charge in [-0.1, -0.05) is 6.07 Å². The maximum atomic E-state index is 13.4. The first-order chi connectivity index (χ1) is 9.47. The zero-order valence-electron chi connectivity index (χ0n) is 10.3. The van der Waals surface area contributed by atoms with Gasteiger partial charge < -0.3 is 11.1 Å². The summed E-state index contributed by atoms with van der Waals surface area (Å²) in [6.07, 6.45) is 0. The molecule has 0 saturated carbocycles. The minimum atomic E-state index is -0.697. The standard InChI is InChI=1S/C14H11BrF2N2O/c15-12-4-3-10(18)6-11(12)14(20)19-7-8-1-2-9(16)5-13(8)17/h1-6H,7,18H2,(H,19,20). The third kappa shape index (κ3) is 3.33. The Bertz CT molecular complexity index is 662. The lowest BCUT2D eigenvalue weighted by atomic mass is 10.1. The van der Waals surface area contributed by atoms with Crippen LogP contribution in [-0.4, -0.2) is 5.91 Å². The van der Waals surface area contributed by atoms with Gasteiger partial charge in [-0.2, -0.15) is 0 Å². The first-order valence-electron chi connectivity index (χ1n) is 5.74. The normalized spacial score (nSPS) is 10.3. The molecule has 0 aromatic heterocycles. The molecule has 20 heavy (non-hydrogen) atoms. The van der Waals surface area contributed by atoms with Crippen molar-refractivity contribution in [1.82, 2.24) is 5.32 Å². The van der Waals surface area contributed by atoms with Crippen molar-refractivity contribution in [3.63, 3.8) is 0 Å². The molecule has 0 aliphatic rings. The number of nitrogen functional groups attached to an aromatic ring is 1. The maximum Gasteiger partial charge on any atom is 0.252 e. The van der Waals surface area contributed by atoms with Crippen molar-refractivity contribution < 1.29 is 13.6 Å². The van der Waals surface area contributed by atoms with Crippen molar-refractivity contribution in [3.05, 3.63) is 63.6 Å². The second kappa shape index (κ2) is 6.00. The summed E-state index contributed by atoms with van der Waals surface area (Å²) < 4.78 is 26.8. The molecular weight excluding hydrogens is 330 g/mol. The Balaban J connectivity index is 2.10. The molecule has 0 atom stereocenters. The lowest BCUT2D eigenvalue weighted by molar-refractivity contribution is 0.0950. The van der Waals surface area contributed by atoms with E-state index < -0.39 is 17.5 Å². The zero-order chi connectivity index (χ0) is 14.7. The molecule has 0 aliphatic carbocycles. The summed E-state index contributed by atoms with van der Waals surface area (Å²) in [5, 5.41) is 2.56. The molecule has 1 amide bonds. The molecule has 0 radical (unpaired) electrons. The zero-order valence-corrected chi connectivity index (χ0v) is 11.9. The van der Waals surface area contributed by atoms with Crippen LogP contribution in [0.5, 0.6) is 0 Å². The molecule has 6 heteroatoms. The first-order valence-corrected chi connectivity index (χ1v) is 6.54. The summed E-state index contributed by atoms with van der Waals surface area (Å²) in [6.45, 7) is -0.0355. The van der Waals surface area contributed by atoms with Gasteiger partial charge in [-0.05, 0) is 40.2 Å². The smallest absolute Gasteiger partial charge is 0.252 e. The number of anilines is 1. The Morgan fingerprint density at radius 1 is 1.20 bits per heavy atom. The van der Waals surface area contributed by atoms with Gasteiger partial charge in [-0.25, -0.2) is 8.78 Å². The fourth-order valence-electron chi connectivity index (χ4n) is 1.65. The number of halogens is 3. The van der Waals surface area contributed by atoms with Crippen LogP contribution in [0.3, 0.4) is 0 Å². The highest BCUT2D eigenvalue weighted by Gasteiger charge is 2.11. The van der Waals surface area contributed by atoms with Gasteiger partial charge in [0.1, 0.15) is 11.6 Å². The van der Waals surface area contributed by atoms with Crippen molar-refractivity contribution >= 4 is 27.5 Å². The van der Waals surface area contributed by atoms with E-state index in [0.717, 1.165) is 12.1 Å². The molecule has 2 aromatic carbocycles. The van der Waals surface area contributed by atoms with Gasteiger partial charge in [0.15, 0.2) is 0 Å². The second-order valence-corrected chi connectivity index (χ2v) is 5.01. The predicted octanol–water partition coefficient (Wildman–Crippen LogP) is 3.24. The fraction of sp³-hybridized carbons (Fsp3) is 0.0714. The number of carbonyl (C=O) groups is 1. The Morgan fingerprint density at radius 2 is 1.95 bits per heavy atom. The minimum Gasteiger partial charge on any atom is -0.399 e. The Kier molecular flexibility index (Phi) is 4.34. The summed E-state index contributed by atoms with van der Waals surface area (Å²) in [5.74, 6) is -1.75. The third-order valence-corrected chi connectivity index (χ3v) is 3.38. The molecule has 0 unspecified atom stereocenters. The van der Waals surface area contributed by atoms with E-state index in [0.29, 0.717) is 15.7 Å².